The summed E-state index contributed by atoms with van der Waals surface area (Å²) in [5.41, 5.74) is -0.0140. The van der Waals surface area contributed by atoms with E-state index < -0.39 is 5.72 Å². The number of rotatable bonds is 1. The molecule has 2 bridgehead atoms. The molecular weight excluding hydrogens is 340 g/mol. The van der Waals surface area contributed by atoms with Crippen LogP contribution < -0.4 is 10.1 Å². The molecule has 5 heteroatoms. The van der Waals surface area contributed by atoms with Gasteiger partial charge in [0.1, 0.15) is 5.75 Å². The van der Waals surface area contributed by atoms with Gasteiger partial charge >= 0.3 is 0 Å². The Morgan fingerprint density at radius 3 is 2.89 bits per heavy atom. The van der Waals surface area contributed by atoms with Crippen LogP contribution in [-0.4, -0.2) is 35.5 Å². The van der Waals surface area contributed by atoms with Crippen LogP contribution in [0.15, 0.2) is 24.3 Å². The Balaban J connectivity index is 1.36. The molecule has 0 unspecified atom stereocenters. The molecule has 144 valence electrons. The van der Waals surface area contributed by atoms with E-state index in [0.717, 1.165) is 45.2 Å². The number of hydrogen-bond acceptors (Lipinski definition) is 3. The average molecular weight is 368 g/mol. The number of hydrogen-bond donors (Lipinski definition) is 1. The summed E-state index contributed by atoms with van der Waals surface area (Å²) in [7, 11) is 0. The minimum absolute atomic E-state index is 0.0443. The second kappa shape index (κ2) is 6.25. The molecule has 1 aromatic carbocycles. The maximum Gasteiger partial charge on any atom is 0.258 e. The first-order valence-electron chi connectivity index (χ1n) is 10.4. The van der Waals surface area contributed by atoms with Gasteiger partial charge in [0.05, 0.1) is 5.56 Å². The minimum Gasteiger partial charge on any atom is -0.467 e. The summed E-state index contributed by atoms with van der Waals surface area (Å²) < 4.78 is 6.40. The number of amides is 2. The third kappa shape index (κ3) is 2.74. The second-order valence-electron chi connectivity index (χ2n) is 9.05. The van der Waals surface area contributed by atoms with Crippen molar-refractivity contribution in [2.45, 2.75) is 51.2 Å². The normalized spacial score (nSPS) is 37.5. The molecule has 1 saturated heterocycles. The van der Waals surface area contributed by atoms with E-state index in [-0.39, 0.29) is 17.7 Å². The van der Waals surface area contributed by atoms with E-state index in [1.165, 1.54) is 6.42 Å². The molecule has 4 fully saturated rings. The first-order chi connectivity index (χ1) is 13.1. The molecule has 1 aromatic rings. The molecule has 6 rings (SSSR count). The van der Waals surface area contributed by atoms with E-state index >= 15 is 0 Å². The van der Waals surface area contributed by atoms with Crippen LogP contribution in [0, 0.1) is 23.7 Å². The SMILES string of the molecule is C[C@@H]1CCCN(C(=O)[C@@H]2C[C@H]3CC[C@H]2C[C@@]32NC(=O)c3ccccc3O2)C1. The molecule has 3 aliphatic carbocycles. The lowest BCUT2D eigenvalue weighted by molar-refractivity contribution is -0.156. The molecule has 2 amide bonds. The van der Waals surface area contributed by atoms with Gasteiger partial charge in [0, 0.05) is 31.3 Å². The first-order valence-corrected chi connectivity index (χ1v) is 10.4. The number of carbonyl (C=O) groups is 2. The Hall–Kier alpha value is -2.04. The highest BCUT2D eigenvalue weighted by molar-refractivity contribution is 5.98. The summed E-state index contributed by atoms with van der Waals surface area (Å²) in [6.07, 6.45) is 6.01. The number of ether oxygens (including phenoxy) is 1. The van der Waals surface area contributed by atoms with Crippen LogP contribution in [0.1, 0.15) is 55.8 Å². The number of carbonyl (C=O) groups excluding carboxylic acids is 2. The molecular formula is C22H28N2O3. The smallest absolute Gasteiger partial charge is 0.258 e. The van der Waals surface area contributed by atoms with E-state index in [9.17, 15) is 9.59 Å². The zero-order valence-corrected chi connectivity index (χ0v) is 15.9. The third-order valence-electron chi connectivity index (χ3n) is 7.25. The van der Waals surface area contributed by atoms with Gasteiger partial charge in [0.25, 0.3) is 5.91 Å². The Bertz CT molecular complexity index is 779. The van der Waals surface area contributed by atoms with Crippen molar-refractivity contribution in [1.82, 2.24) is 10.2 Å². The van der Waals surface area contributed by atoms with Gasteiger partial charge in [-0.2, -0.15) is 0 Å². The summed E-state index contributed by atoms with van der Waals surface area (Å²) in [6, 6.07) is 7.47. The molecule has 3 saturated carbocycles. The van der Waals surface area contributed by atoms with E-state index in [4.69, 9.17) is 4.74 Å². The van der Waals surface area contributed by atoms with Crippen LogP contribution >= 0.6 is 0 Å². The van der Waals surface area contributed by atoms with Crippen LogP contribution in [0.3, 0.4) is 0 Å². The zero-order chi connectivity index (χ0) is 18.6. The van der Waals surface area contributed by atoms with Crippen molar-refractivity contribution < 1.29 is 14.3 Å². The van der Waals surface area contributed by atoms with Crippen LogP contribution in [0.2, 0.25) is 0 Å². The van der Waals surface area contributed by atoms with Crippen LogP contribution in [0.4, 0.5) is 0 Å². The predicted molar refractivity (Wildman–Crippen MR) is 101 cm³/mol. The van der Waals surface area contributed by atoms with Crippen molar-refractivity contribution in [2.24, 2.45) is 23.7 Å². The van der Waals surface area contributed by atoms with Crippen LogP contribution in [0.5, 0.6) is 5.75 Å². The fourth-order valence-corrected chi connectivity index (χ4v) is 5.89. The maximum absolute atomic E-state index is 13.2. The number of benzene rings is 1. The monoisotopic (exact) mass is 368 g/mol. The van der Waals surface area contributed by atoms with E-state index in [1.54, 1.807) is 0 Å². The molecule has 0 radical (unpaired) electrons. The number of fused-ring (bicyclic) bond motifs is 3. The Labute approximate surface area is 160 Å². The quantitative estimate of drug-likeness (QED) is 0.828. The first kappa shape index (κ1) is 17.1. The van der Waals surface area contributed by atoms with Gasteiger partial charge in [-0.15, -0.1) is 0 Å². The topological polar surface area (TPSA) is 58.6 Å². The van der Waals surface area contributed by atoms with E-state index in [2.05, 4.69) is 17.1 Å². The number of nitrogens with one attached hydrogen (secondary N) is 1. The van der Waals surface area contributed by atoms with Gasteiger partial charge in [-0.1, -0.05) is 19.1 Å². The largest absolute Gasteiger partial charge is 0.467 e. The maximum atomic E-state index is 13.2. The predicted octanol–water partition coefficient (Wildman–Crippen LogP) is 3.20. The van der Waals surface area contributed by atoms with E-state index in [0.29, 0.717) is 29.1 Å². The standard InChI is InChI=1S/C22H28N2O3/c1-14-5-4-10-24(13-14)21(26)18-11-16-9-8-15(18)12-22(16)23-20(25)17-6-2-3-7-19(17)27-22/h2-3,6-7,14-16,18H,4-5,8-13H2,1H3,(H,23,25)/t14-,15+,16-,18-,22+/m1/s1. The molecule has 5 atom stereocenters. The van der Waals surface area contributed by atoms with Gasteiger partial charge in [-0.05, 0) is 56.1 Å². The van der Waals surface area contributed by atoms with Crippen molar-refractivity contribution in [3.05, 3.63) is 29.8 Å². The van der Waals surface area contributed by atoms with E-state index in [1.807, 2.05) is 24.3 Å². The molecule has 27 heavy (non-hydrogen) atoms. The molecule has 2 aliphatic heterocycles. The van der Waals surface area contributed by atoms with Gasteiger partial charge in [0.15, 0.2) is 5.72 Å². The molecule has 1 N–H and O–H groups in total. The number of likely N-dealkylation sites (tertiary alicyclic amines) is 1. The Morgan fingerprint density at radius 2 is 2.11 bits per heavy atom. The number of para-hydroxylation sites is 1. The number of nitrogens with zero attached hydrogens (tertiary/aromatic N) is 1. The summed E-state index contributed by atoms with van der Waals surface area (Å²) >= 11 is 0. The van der Waals surface area contributed by atoms with Gasteiger partial charge < -0.3 is 15.0 Å². The van der Waals surface area contributed by atoms with Crippen LogP contribution in [-0.2, 0) is 4.79 Å². The fraction of sp³-hybridized carbons (Fsp3) is 0.636. The van der Waals surface area contributed by atoms with Crippen LogP contribution in [0.25, 0.3) is 0 Å². The van der Waals surface area contributed by atoms with Gasteiger partial charge in [-0.3, -0.25) is 9.59 Å². The van der Waals surface area contributed by atoms with Crippen molar-refractivity contribution in [2.75, 3.05) is 13.1 Å². The lowest BCUT2D eigenvalue weighted by Gasteiger charge is -2.55. The lowest BCUT2D eigenvalue weighted by atomic mass is 9.59. The number of piperidine rings is 1. The summed E-state index contributed by atoms with van der Waals surface area (Å²) in [5.74, 6) is 2.18. The Morgan fingerprint density at radius 1 is 1.26 bits per heavy atom. The zero-order valence-electron chi connectivity index (χ0n) is 15.9. The molecule has 5 aliphatic rings. The highest BCUT2D eigenvalue weighted by atomic mass is 16.5. The van der Waals surface area contributed by atoms with Gasteiger partial charge in [-0.25, -0.2) is 0 Å². The second-order valence-corrected chi connectivity index (χ2v) is 9.05. The van der Waals surface area contributed by atoms with Crippen molar-refractivity contribution >= 4 is 11.8 Å². The molecule has 2 heterocycles. The van der Waals surface area contributed by atoms with Crippen molar-refractivity contribution in [1.29, 1.82) is 0 Å². The van der Waals surface area contributed by atoms with Gasteiger partial charge in [0.2, 0.25) is 5.91 Å². The summed E-state index contributed by atoms with van der Waals surface area (Å²) in [4.78, 5) is 28.0. The summed E-state index contributed by atoms with van der Waals surface area (Å²) in [6.45, 7) is 4.05. The highest BCUT2D eigenvalue weighted by Crippen LogP contribution is 2.52. The van der Waals surface area contributed by atoms with Crippen molar-refractivity contribution in [3.8, 4) is 5.75 Å². The molecule has 0 aromatic heterocycles. The fourth-order valence-electron chi connectivity index (χ4n) is 5.89. The highest BCUT2D eigenvalue weighted by Gasteiger charge is 2.57. The molecule has 1 spiro atoms. The van der Waals surface area contributed by atoms with Crippen molar-refractivity contribution in [3.63, 3.8) is 0 Å². The lowest BCUT2D eigenvalue weighted by Crippen LogP contribution is -2.67. The molecule has 5 nitrogen and oxygen atoms in total. The Kier molecular flexibility index (Phi) is 3.95. The average Bonchev–Trinajstić information content (AvgIpc) is 2.68. The minimum atomic E-state index is -0.625. The third-order valence-corrected chi connectivity index (χ3v) is 7.25. The summed E-state index contributed by atoms with van der Waals surface area (Å²) in [5, 5.41) is 3.18.